The van der Waals surface area contributed by atoms with Crippen molar-refractivity contribution in [3.63, 3.8) is 0 Å². The molecule has 2 aromatic rings. The second kappa shape index (κ2) is 8.65. The lowest BCUT2D eigenvalue weighted by molar-refractivity contribution is -0.115. The van der Waals surface area contributed by atoms with Gasteiger partial charge in [0.2, 0.25) is 5.91 Å². The molecule has 0 atom stereocenters. The Balaban J connectivity index is 1.49. The summed E-state index contributed by atoms with van der Waals surface area (Å²) in [5.74, 6) is -0.160. The average Bonchev–Trinajstić information content (AvgIpc) is 3.52. The van der Waals surface area contributed by atoms with Gasteiger partial charge in [-0.3, -0.25) is 9.93 Å². The molecular weight excluding hydrogens is 410 g/mol. The van der Waals surface area contributed by atoms with E-state index in [1.807, 2.05) is 30.3 Å². The number of hydrogen-bond donors (Lipinski definition) is 2. The van der Waals surface area contributed by atoms with E-state index in [1.165, 1.54) is 0 Å². The molecule has 2 aliphatic rings. The van der Waals surface area contributed by atoms with Crippen molar-refractivity contribution in [1.29, 1.82) is 0 Å². The first-order chi connectivity index (χ1) is 14.0. The molecular formula is C21H22ClN3O3S. The third-order valence-electron chi connectivity index (χ3n) is 5.06. The molecule has 1 aliphatic carbocycles. The summed E-state index contributed by atoms with van der Waals surface area (Å²) in [7, 11) is 0. The van der Waals surface area contributed by atoms with E-state index in [1.54, 1.807) is 11.0 Å². The molecule has 2 aromatic carbocycles. The fourth-order valence-electron chi connectivity index (χ4n) is 3.42. The summed E-state index contributed by atoms with van der Waals surface area (Å²) in [4.78, 5) is 27.4. The maximum absolute atomic E-state index is 12.5. The topological polar surface area (TPSA) is 84.7 Å². The Labute approximate surface area is 178 Å². The highest BCUT2D eigenvalue weighted by atomic mass is 35.5. The van der Waals surface area contributed by atoms with Crippen LogP contribution in [0.5, 0.6) is 0 Å². The van der Waals surface area contributed by atoms with Crippen molar-refractivity contribution in [1.82, 2.24) is 4.90 Å². The number of benzene rings is 2. The summed E-state index contributed by atoms with van der Waals surface area (Å²) in [5.41, 5.74) is 3.53. The number of amides is 2. The summed E-state index contributed by atoms with van der Waals surface area (Å²) in [6.07, 6.45) is 2.60. The molecule has 0 saturated heterocycles. The highest BCUT2D eigenvalue weighted by molar-refractivity contribution is 7.97. The van der Waals surface area contributed by atoms with Gasteiger partial charge in [-0.05, 0) is 66.1 Å². The van der Waals surface area contributed by atoms with Gasteiger partial charge in [0.1, 0.15) is 6.10 Å². The number of rotatable bonds is 5. The number of ether oxygens (including phenoxy) is 1. The summed E-state index contributed by atoms with van der Waals surface area (Å²) in [5, 5.41) is 9.36. The molecule has 4 rings (SSSR count). The van der Waals surface area contributed by atoms with Crippen molar-refractivity contribution in [2.75, 3.05) is 11.9 Å². The molecule has 0 unspecified atom stereocenters. The van der Waals surface area contributed by atoms with Gasteiger partial charge in [-0.1, -0.05) is 29.8 Å². The smallest absolute Gasteiger partial charge is 0.410 e. The molecule has 8 heteroatoms. The van der Waals surface area contributed by atoms with Crippen molar-refractivity contribution < 1.29 is 14.3 Å². The molecule has 0 aromatic heterocycles. The van der Waals surface area contributed by atoms with Crippen LogP contribution in [0, 0.1) is 0 Å². The second-order valence-electron chi connectivity index (χ2n) is 7.30. The Hall–Kier alpha value is -2.22. The number of carbonyl (C=O) groups is 2. The zero-order valence-electron chi connectivity index (χ0n) is 15.8. The zero-order chi connectivity index (χ0) is 20.4. The number of anilines is 1. The largest absolute Gasteiger partial charge is 0.446 e. The van der Waals surface area contributed by atoms with E-state index in [-0.39, 0.29) is 24.5 Å². The van der Waals surface area contributed by atoms with Gasteiger partial charge in [0.05, 0.1) is 6.42 Å². The van der Waals surface area contributed by atoms with Crippen molar-refractivity contribution in [3.05, 3.63) is 58.1 Å². The van der Waals surface area contributed by atoms with Crippen LogP contribution >= 0.6 is 23.5 Å². The second-order valence-corrected chi connectivity index (χ2v) is 8.38. The number of nitrogens with zero attached hydrogens (tertiary/aromatic N) is 1. The molecule has 29 heavy (non-hydrogen) atoms. The minimum absolute atomic E-state index is 0.0782. The van der Waals surface area contributed by atoms with E-state index in [0.29, 0.717) is 30.2 Å². The Bertz CT molecular complexity index is 949. The summed E-state index contributed by atoms with van der Waals surface area (Å²) >= 11 is 7.30. The molecule has 0 spiro atoms. The van der Waals surface area contributed by atoms with Gasteiger partial charge >= 0.3 is 6.09 Å². The van der Waals surface area contributed by atoms with E-state index in [2.05, 4.69) is 5.32 Å². The molecule has 1 saturated carbocycles. The minimum Gasteiger partial charge on any atom is -0.446 e. The first kappa shape index (κ1) is 20.1. The van der Waals surface area contributed by atoms with Crippen molar-refractivity contribution >= 4 is 41.2 Å². The Morgan fingerprint density at radius 2 is 2.07 bits per heavy atom. The number of hydrogen-bond acceptors (Lipinski definition) is 5. The molecule has 2 amide bonds. The Morgan fingerprint density at radius 1 is 1.28 bits per heavy atom. The normalized spacial score (nSPS) is 15.6. The highest BCUT2D eigenvalue weighted by Gasteiger charge is 2.30. The van der Waals surface area contributed by atoms with Crippen LogP contribution in [0.3, 0.4) is 0 Å². The summed E-state index contributed by atoms with van der Waals surface area (Å²) < 4.78 is 5.42. The van der Waals surface area contributed by atoms with Crippen molar-refractivity contribution in [2.24, 2.45) is 5.14 Å². The average molecular weight is 432 g/mol. The third-order valence-corrected chi connectivity index (χ3v) is 6.05. The van der Waals surface area contributed by atoms with Crippen molar-refractivity contribution in [3.8, 4) is 0 Å². The molecule has 6 nitrogen and oxygen atoms in total. The van der Waals surface area contributed by atoms with Crippen LogP contribution in [0.1, 0.15) is 29.5 Å². The van der Waals surface area contributed by atoms with Gasteiger partial charge in [-0.15, -0.1) is 0 Å². The summed E-state index contributed by atoms with van der Waals surface area (Å²) in [6, 6.07) is 11.1. The predicted octanol–water partition coefficient (Wildman–Crippen LogP) is 4.14. The molecule has 1 fully saturated rings. The molecule has 152 valence electrons. The number of carbonyl (C=O) groups excluding carboxylic acids is 2. The third kappa shape index (κ3) is 4.86. The molecule has 1 heterocycles. The van der Waals surface area contributed by atoms with Gasteiger partial charge in [0, 0.05) is 28.7 Å². The lowest BCUT2D eigenvalue weighted by Gasteiger charge is -2.29. The van der Waals surface area contributed by atoms with E-state index in [9.17, 15) is 9.59 Å². The molecule has 0 bridgehead atoms. The van der Waals surface area contributed by atoms with Gasteiger partial charge < -0.3 is 15.0 Å². The standard InChI is InChI=1S/C21H22ClN3O3S/c22-18-4-2-1-3-13(18)10-20(26)24-15-9-14-12-25(21(27)28-16-5-6-16)8-7-17(14)19(11-15)29-23/h1-4,9,11,16H,5-8,10,12,23H2,(H,24,26). The fourth-order valence-corrected chi connectivity index (χ4v) is 4.19. The van der Waals surface area contributed by atoms with Gasteiger partial charge in [0.25, 0.3) is 0 Å². The predicted molar refractivity (Wildman–Crippen MR) is 114 cm³/mol. The lowest BCUT2D eigenvalue weighted by atomic mass is 9.99. The van der Waals surface area contributed by atoms with Crippen LogP contribution in [-0.4, -0.2) is 29.5 Å². The molecule has 0 radical (unpaired) electrons. The fraction of sp³-hybridized carbons (Fsp3) is 0.333. The molecule has 3 N–H and O–H groups in total. The summed E-state index contributed by atoms with van der Waals surface area (Å²) in [6.45, 7) is 1.05. The maximum atomic E-state index is 12.5. The number of nitrogens with one attached hydrogen (secondary N) is 1. The van der Waals surface area contributed by atoms with Gasteiger partial charge in [-0.2, -0.15) is 0 Å². The number of halogens is 1. The van der Waals surface area contributed by atoms with E-state index < -0.39 is 0 Å². The van der Waals surface area contributed by atoms with Crippen LogP contribution < -0.4 is 10.5 Å². The lowest BCUT2D eigenvalue weighted by Crippen LogP contribution is -2.37. The number of nitrogens with two attached hydrogens (primary N) is 1. The number of fused-ring (bicyclic) bond motifs is 1. The first-order valence-corrected chi connectivity index (χ1v) is 10.8. The Morgan fingerprint density at radius 3 is 2.79 bits per heavy atom. The van der Waals surface area contributed by atoms with Crippen LogP contribution in [0.4, 0.5) is 10.5 Å². The van der Waals surface area contributed by atoms with Crippen molar-refractivity contribution in [2.45, 2.75) is 43.2 Å². The SMILES string of the molecule is NSc1cc(NC(=O)Cc2ccccc2Cl)cc2c1CCN(C(=O)OC1CC1)C2. The van der Waals surface area contributed by atoms with E-state index in [0.717, 1.165) is 46.4 Å². The van der Waals surface area contributed by atoms with Gasteiger partial charge in [0.15, 0.2) is 0 Å². The van der Waals surface area contributed by atoms with Crippen LogP contribution in [0.25, 0.3) is 0 Å². The monoisotopic (exact) mass is 431 g/mol. The van der Waals surface area contributed by atoms with Crippen LogP contribution in [0.15, 0.2) is 41.3 Å². The minimum atomic E-state index is -0.270. The van der Waals surface area contributed by atoms with Gasteiger partial charge in [-0.25, -0.2) is 4.79 Å². The molecule has 1 aliphatic heterocycles. The first-order valence-electron chi connectivity index (χ1n) is 9.55. The van der Waals surface area contributed by atoms with Crippen LogP contribution in [-0.2, 0) is 28.9 Å². The zero-order valence-corrected chi connectivity index (χ0v) is 17.4. The van der Waals surface area contributed by atoms with E-state index >= 15 is 0 Å². The van der Waals surface area contributed by atoms with Crippen LogP contribution in [0.2, 0.25) is 5.02 Å². The quantitative estimate of drug-likeness (QED) is 0.695. The Kier molecular flexibility index (Phi) is 5.99. The maximum Gasteiger partial charge on any atom is 0.410 e. The van der Waals surface area contributed by atoms with E-state index in [4.69, 9.17) is 21.5 Å². The highest BCUT2D eigenvalue weighted by Crippen LogP contribution is 2.32.